The monoisotopic (exact) mass is 450 g/mol. The molecule has 0 saturated carbocycles. The highest BCUT2D eigenvalue weighted by atomic mass is 16.6. The van der Waals surface area contributed by atoms with Gasteiger partial charge in [-0.3, -0.25) is 15.0 Å². The molecule has 0 radical (unpaired) electrons. The standard InChI is InChI=1S/C25H26N2O6/c1-25(2,3)33-24(28)26(4)23-16-21(14-15-22(23)27(29)30)32-20-12-10-19(11-13-20)31-17-18-8-6-5-7-9-18/h5-16H,17H2,1-4H3. The zero-order valence-corrected chi connectivity index (χ0v) is 19.0. The van der Waals surface area contributed by atoms with E-state index < -0.39 is 16.6 Å². The van der Waals surface area contributed by atoms with E-state index in [-0.39, 0.29) is 11.4 Å². The average molecular weight is 450 g/mol. The first-order valence-electron chi connectivity index (χ1n) is 10.3. The number of ether oxygens (including phenoxy) is 3. The Morgan fingerprint density at radius 1 is 0.939 bits per heavy atom. The Bertz CT molecular complexity index is 1110. The molecule has 0 heterocycles. The molecule has 33 heavy (non-hydrogen) atoms. The molecule has 1 amide bonds. The van der Waals surface area contributed by atoms with Gasteiger partial charge in [0.2, 0.25) is 0 Å². The van der Waals surface area contributed by atoms with Gasteiger partial charge in [0.15, 0.2) is 0 Å². The number of nitro groups is 1. The molecule has 0 saturated heterocycles. The first-order chi connectivity index (χ1) is 15.6. The highest BCUT2D eigenvalue weighted by molar-refractivity contribution is 5.90. The summed E-state index contributed by atoms with van der Waals surface area (Å²) >= 11 is 0. The molecule has 3 aromatic carbocycles. The number of carbonyl (C=O) groups is 1. The first-order valence-corrected chi connectivity index (χ1v) is 10.3. The van der Waals surface area contributed by atoms with E-state index in [0.29, 0.717) is 23.9 Å². The Hall–Kier alpha value is -4.07. The SMILES string of the molecule is CN(C(=O)OC(C)(C)C)c1cc(Oc2ccc(OCc3ccccc3)cc2)ccc1[N+](=O)[O-]. The highest BCUT2D eigenvalue weighted by Crippen LogP contribution is 2.34. The maximum Gasteiger partial charge on any atom is 0.414 e. The molecule has 0 aliphatic carbocycles. The van der Waals surface area contributed by atoms with Gasteiger partial charge in [0.1, 0.15) is 35.1 Å². The molecule has 8 nitrogen and oxygen atoms in total. The topological polar surface area (TPSA) is 91.1 Å². The van der Waals surface area contributed by atoms with Crippen molar-refractivity contribution in [2.75, 3.05) is 11.9 Å². The summed E-state index contributed by atoms with van der Waals surface area (Å²) in [6.45, 7) is 5.61. The van der Waals surface area contributed by atoms with Crippen LogP contribution in [0.15, 0.2) is 72.8 Å². The smallest absolute Gasteiger partial charge is 0.414 e. The number of hydrogen-bond donors (Lipinski definition) is 0. The number of hydrogen-bond acceptors (Lipinski definition) is 6. The second-order valence-electron chi connectivity index (χ2n) is 8.29. The molecule has 0 aromatic heterocycles. The van der Waals surface area contributed by atoms with Crippen LogP contribution in [0.25, 0.3) is 0 Å². The lowest BCUT2D eigenvalue weighted by Crippen LogP contribution is -2.34. The molecule has 0 aliphatic heterocycles. The zero-order chi connectivity index (χ0) is 24.0. The number of benzene rings is 3. The van der Waals surface area contributed by atoms with Gasteiger partial charge in [0.05, 0.1) is 4.92 Å². The Kier molecular flexibility index (Phi) is 7.17. The molecule has 0 fully saturated rings. The van der Waals surface area contributed by atoms with Crippen LogP contribution >= 0.6 is 0 Å². The lowest BCUT2D eigenvalue weighted by molar-refractivity contribution is -0.384. The predicted octanol–water partition coefficient (Wildman–Crippen LogP) is 6.34. The summed E-state index contributed by atoms with van der Waals surface area (Å²) in [6, 6.07) is 21.0. The molecule has 3 rings (SSSR count). The molecular weight excluding hydrogens is 424 g/mol. The summed E-state index contributed by atoms with van der Waals surface area (Å²) in [5.41, 5.74) is 0.152. The van der Waals surface area contributed by atoms with E-state index in [1.807, 2.05) is 30.3 Å². The summed E-state index contributed by atoms with van der Waals surface area (Å²) in [7, 11) is 1.42. The lowest BCUT2D eigenvalue weighted by atomic mass is 10.2. The van der Waals surface area contributed by atoms with E-state index in [0.717, 1.165) is 10.5 Å². The molecule has 8 heteroatoms. The third-order valence-corrected chi connectivity index (χ3v) is 4.48. The van der Waals surface area contributed by atoms with Crippen LogP contribution in [0.2, 0.25) is 0 Å². The van der Waals surface area contributed by atoms with Crippen molar-refractivity contribution in [3.8, 4) is 17.2 Å². The quantitative estimate of drug-likeness (QED) is 0.308. The fourth-order valence-corrected chi connectivity index (χ4v) is 2.90. The largest absolute Gasteiger partial charge is 0.489 e. The number of carbonyl (C=O) groups excluding carboxylic acids is 1. The van der Waals surface area contributed by atoms with E-state index in [1.165, 1.54) is 25.2 Å². The minimum atomic E-state index is -0.738. The van der Waals surface area contributed by atoms with Crippen molar-refractivity contribution in [3.63, 3.8) is 0 Å². The molecular formula is C25H26N2O6. The number of amides is 1. The minimum absolute atomic E-state index is 0.0644. The van der Waals surface area contributed by atoms with Gasteiger partial charge in [0.25, 0.3) is 5.69 Å². The van der Waals surface area contributed by atoms with Crippen molar-refractivity contribution in [1.82, 2.24) is 0 Å². The second-order valence-corrected chi connectivity index (χ2v) is 8.29. The summed E-state index contributed by atoms with van der Waals surface area (Å²) in [5.74, 6) is 1.53. The normalized spacial score (nSPS) is 10.9. The molecule has 0 atom stereocenters. The van der Waals surface area contributed by atoms with Crippen molar-refractivity contribution in [3.05, 3.63) is 88.5 Å². The lowest BCUT2D eigenvalue weighted by Gasteiger charge is -2.24. The van der Waals surface area contributed by atoms with Crippen molar-refractivity contribution in [2.45, 2.75) is 33.0 Å². The maximum absolute atomic E-state index is 12.4. The number of nitrogens with zero attached hydrogens (tertiary/aromatic N) is 2. The maximum atomic E-state index is 12.4. The molecule has 0 N–H and O–H groups in total. The van der Waals surface area contributed by atoms with Crippen LogP contribution in [-0.2, 0) is 11.3 Å². The number of rotatable bonds is 7. The molecule has 0 unspecified atom stereocenters. The van der Waals surface area contributed by atoms with Gasteiger partial charge in [0, 0.05) is 19.2 Å². The summed E-state index contributed by atoms with van der Waals surface area (Å²) in [6.07, 6.45) is -0.706. The number of nitro benzene ring substituents is 1. The highest BCUT2D eigenvalue weighted by Gasteiger charge is 2.26. The molecule has 172 valence electrons. The zero-order valence-electron chi connectivity index (χ0n) is 19.0. The van der Waals surface area contributed by atoms with E-state index in [9.17, 15) is 14.9 Å². The fourth-order valence-electron chi connectivity index (χ4n) is 2.90. The first kappa shape index (κ1) is 23.6. The van der Waals surface area contributed by atoms with Crippen LogP contribution in [0.4, 0.5) is 16.2 Å². The van der Waals surface area contributed by atoms with Crippen molar-refractivity contribution in [2.24, 2.45) is 0 Å². The van der Waals surface area contributed by atoms with E-state index in [1.54, 1.807) is 45.0 Å². The third kappa shape index (κ3) is 6.70. The third-order valence-electron chi connectivity index (χ3n) is 4.48. The van der Waals surface area contributed by atoms with E-state index >= 15 is 0 Å². The van der Waals surface area contributed by atoms with Crippen LogP contribution in [0.3, 0.4) is 0 Å². The van der Waals surface area contributed by atoms with Crippen LogP contribution in [0.1, 0.15) is 26.3 Å². The Morgan fingerprint density at radius 2 is 1.55 bits per heavy atom. The van der Waals surface area contributed by atoms with Gasteiger partial charge in [-0.2, -0.15) is 0 Å². The van der Waals surface area contributed by atoms with Crippen LogP contribution in [0.5, 0.6) is 17.2 Å². The molecule has 0 spiro atoms. The van der Waals surface area contributed by atoms with Crippen LogP contribution in [0, 0.1) is 10.1 Å². The van der Waals surface area contributed by atoms with Crippen LogP contribution < -0.4 is 14.4 Å². The van der Waals surface area contributed by atoms with E-state index in [4.69, 9.17) is 14.2 Å². The Morgan fingerprint density at radius 3 is 2.15 bits per heavy atom. The summed E-state index contributed by atoms with van der Waals surface area (Å²) < 4.78 is 16.9. The molecule has 3 aromatic rings. The van der Waals surface area contributed by atoms with Gasteiger partial charge in [-0.1, -0.05) is 30.3 Å². The van der Waals surface area contributed by atoms with Gasteiger partial charge in [-0.15, -0.1) is 0 Å². The second kappa shape index (κ2) is 10.0. The molecule has 0 aliphatic rings. The number of anilines is 1. The Labute approximate surface area is 192 Å². The van der Waals surface area contributed by atoms with Crippen molar-refractivity contribution < 1.29 is 23.9 Å². The van der Waals surface area contributed by atoms with Crippen molar-refractivity contribution in [1.29, 1.82) is 0 Å². The summed E-state index contributed by atoms with van der Waals surface area (Å²) in [4.78, 5) is 24.4. The van der Waals surface area contributed by atoms with Gasteiger partial charge in [-0.05, 0) is 56.7 Å². The van der Waals surface area contributed by atoms with Crippen molar-refractivity contribution >= 4 is 17.5 Å². The minimum Gasteiger partial charge on any atom is -0.489 e. The van der Waals surface area contributed by atoms with Gasteiger partial charge in [-0.25, -0.2) is 4.79 Å². The van der Waals surface area contributed by atoms with Crippen LogP contribution in [-0.4, -0.2) is 23.7 Å². The van der Waals surface area contributed by atoms with Gasteiger partial charge < -0.3 is 14.2 Å². The van der Waals surface area contributed by atoms with Gasteiger partial charge >= 0.3 is 6.09 Å². The average Bonchev–Trinajstić information content (AvgIpc) is 2.77. The fraction of sp³-hybridized carbons (Fsp3) is 0.240. The Balaban J connectivity index is 1.73. The summed E-state index contributed by atoms with van der Waals surface area (Å²) in [5, 5.41) is 11.5. The van der Waals surface area contributed by atoms with E-state index in [2.05, 4.69) is 0 Å². The molecule has 0 bridgehead atoms. The predicted molar refractivity (Wildman–Crippen MR) is 125 cm³/mol.